The molecule has 124 valence electrons. The topological polar surface area (TPSA) is 41.5 Å². The molecule has 2 aromatic rings. The van der Waals surface area contributed by atoms with E-state index in [2.05, 4.69) is 17.2 Å². The number of benzene rings is 2. The summed E-state index contributed by atoms with van der Waals surface area (Å²) in [6.07, 6.45) is 2.05. The minimum absolute atomic E-state index is 0.00285. The lowest BCUT2D eigenvalue weighted by Gasteiger charge is -2.34. The van der Waals surface area contributed by atoms with Gasteiger partial charge in [0.1, 0.15) is 6.04 Å². The monoisotopic (exact) mass is 340 g/mol. The van der Waals surface area contributed by atoms with Crippen molar-refractivity contribution in [3.63, 3.8) is 0 Å². The maximum atomic E-state index is 12.5. The molecule has 1 N–H and O–H groups in total. The first-order chi connectivity index (χ1) is 11.7. The van der Waals surface area contributed by atoms with Crippen LogP contribution in [0, 0.1) is 0 Å². The molecule has 0 bridgehead atoms. The van der Waals surface area contributed by atoms with Crippen LogP contribution in [0.4, 0.5) is 0 Å². The molecule has 2 aromatic carbocycles. The number of halogens is 1. The Bertz CT molecular complexity index is 725. The molecule has 0 spiro atoms. The molecule has 1 heterocycles. The van der Waals surface area contributed by atoms with E-state index in [-0.39, 0.29) is 17.9 Å². The Kier molecular flexibility index (Phi) is 5.31. The number of unbranched alkanes of at least 4 members (excludes halogenated alkanes) is 1. The van der Waals surface area contributed by atoms with Gasteiger partial charge in [-0.2, -0.15) is 0 Å². The Morgan fingerprint density at radius 3 is 2.50 bits per heavy atom. The molecule has 1 aliphatic heterocycles. The van der Waals surface area contributed by atoms with Crippen LogP contribution in [0.25, 0.3) is 0 Å². The summed E-state index contributed by atoms with van der Waals surface area (Å²) in [4.78, 5) is 17.1. The van der Waals surface area contributed by atoms with Gasteiger partial charge in [-0.3, -0.25) is 9.79 Å². The third-order valence-electron chi connectivity index (χ3n) is 4.29. The highest BCUT2D eigenvalue weighted by atomic mass is 35.5. The third kappa shape index (κ3) is 3.51. The molecule has 4 heteroatoms. The molecule has 0 saturated heterocycles. The molecule has 0 aliphatic carbocycles. The van der Waals surface area contributed by atoms with Crippen LogP contribution in [0.3, 0.4) is 0 Å². The number of aliphatic imine (C=N–C) groups is 1. The summed E-state index contributed by atoms with van der Waals surface area (Å²) in [7, 11) is 0. The van der Waals surface area contributed by atoms with Gasteiger partial charge in [-0.25, -0.2) is 0 Å². The van der Waals surface area contributed by atoms with E-state index in [1.807, 2.05) is 54.6 Å². The number of rotatable bonds is 6. The van der Waals surface area contributed by atoms with E-state index in [9.17, 15) is 4.79 Å². The Morgan fingerprint density at radius 2 is 1.83 bits per heavy atom. The molecular formula is C20H21ClN2O. The first kappa shape index (κ1) is 16.7. The summed E-state index contributed by atoms with van der Waals surface area (Å²) in [5, 5.41) is 3.69. The van der Waals surface area contributed by atoms with Crippen LogP contribution < -0.4 is 5.32 Å². The number of carbonyl (C=O) groups excluding carboxylic acids is 1. The molecule has 0 unspecified atom stereocenters. The van der Waals surface area contributed by atoms with E-state index >= 15 is 0 Å². The van der Waals surface area contributed by atoms with Crippen molar-refractivity contribution >= 4 is 23.2 Å². The summed E-state index contributed by atoms with van der Waals surface area (Å²) in [6, 6.07) is 17.4. The fraction of sp³-hybridized carbons (Fsp3) is 0.300. The molecule has 2 atom stereocenters. The smallest absolute Gasteiger partial charge is 0.245 e. The van der Waals surface area contributed by atoms with E-state index in [1.165, 1.54) is 0 Å². The lowest BCUT2D eigenvalue weighted by atomic mass is 9.78. The number of amides is 1. The number of nitrogens with one attached hydrogen (secondary N) is 1. The van der Waals surface area contributed by atoms with Gasteiger partial charge in [0.05, 0.1) is 11.6 Å². The summed E-state index contributed by atoms with van der Waals surface area (Å²) in [5.74, 6) is -0.0191. The highest BCUT2D eigenvalue weighted by Crippen LogP contribution is 2.35. The lowest BCUT2D eigenvalue weighted by Crippen LogP contribution is -2.47. The van der Waals surface area contributed by atoms with E-state index in [4.69, 9.17) is 11.6 Å². The van der Waals surface area contributed by atoms with Crippen LogP contribution >= 0.6 is 11.6 Å². The maximum absolute atomic E-state index is 12.5. The Morgan fingerprint density at radius 1 is 1.12 bits per heavy atom. The molecule has 0 saturated carbocycles. The van der Waals surface area contributed by atoms with E-state index < -0.39 is 0 Å². The van der Waals surface area contributed by atoms with Gasteiger partial charge in [-0.15, -0.1) is 0 Å². The van der Waals surface area contributed by atoms with Crippen molar-refractivity contribution in [1.82, 2.24) is 5.32 Å². The highest BCUT2D eigenvalue weighted by molar-refractivity contribution is 6.30. The lowest BCUT2D eigenvalue weighted by molar-refractivity contribution is -0.122. The van der Waals surface area contributed by atoms with E-state index in [0.717, 1.165) is 29.7 Å². The van der Waals surface area contributed by atoms with Gasteiger partial charge in [0, 0.05) is 11.6 Å². The first-order valence-corrected chi connectivity index (χ1v) is 8.74. The zero-order valence-electron chi connectivity index (χ0n) is 13.7. The van der Waals surface area contributed by atoms with Crippen LogP contribution in [0.1, 0.15) is 36.8 Å². The van der Waals surface area contributed by atoms with Crippen LogP contribution in [0.15, 0.2) is 59.6 Å². The van der Waals surface area contributed by atoms with Crippen LogP contribution in [-0.4, -0.2) is 24.2 Å². The van der Waals surface area contributed by atoms with Crippen molar-refractivity contribution in [3.8, 4) is 0 Å². The summed E-state index contributed by atoms with van der Waals surface area (Å²) < 4.78 is 0. The number of hydrogen-bond donors (Lipinski definition) is 1. The fourth-order valence-corrected chi connectivity index (χ4v) is 3.07. The molecule has 24 heavy (non-hydrogen) atoms. The molecule has 3 nitrogen and oxygen atoms in total. The number of nitrogens with zero attached hydrogens (tertiary/aromatic N) is 1. The number of hydrogen-bond acceptors (Lipinski definition) is 2. The summed E-state index contributed by atoms with van der Waals surface area (Å²) >= 11 is 6.00. The van der Waals surface area contributed by atoms with Gasteiger partial charge in [0.15, 0.2) is 0 Å². The van der Waals surface area contributed by atoms with Gasteiger partial charge in [-0.1, -0.05) is 67.4 Å². The Balaban J connectivity index is 1.86. The van der Waals surface area contributed by atoms with Crippen molar-refractivity contribution in [2.24, 2.45) is 4.99 Å². The van der Waals surface area contributed by atoms with Crippen LogP contribution in [-0.2, 0) is 4.79 Å². The predicted octanol–water partition coefficient (Wildman–Crippen LogP) is 4.21. The third-order valence-corrected chi connectivity index (χ3v) is 4.54. The van der Waals surface area contributed by atoms with Gasteiger partial charge in [-0.05, 0) is 29.7 Å². The van der Waals surface area contributed by atoms with Crippen molar-refractivity contribution in [2.45, 2.75) is 31.7 Å². The standard InChI is InChI=1S/C20H21ClN2O/c1-2-3-13-22-20(24)19-17(14-9-11-16(21)12-10-14)18(23-19)15-7-5-4-6-8-15/h4-12,17,19H,2-3,13H2,1H3,(H,22,24)/t17-,19-/m1/s1. The van der Waals surface area contributed by atoms with Crippen molar-refractivity contribution < 1.29 is 4.79 Å². The van der Waals surface area contributed by atoms with Gasteiger partial charge in [0.25, 0.3) is 0 Å². The Labute approximate surface area is 147 Å². The van der Waals surface area contributed by atoms with Crippen LogP contribution in [0.5, 0.6) is 0 Å². The average molecular weight is 341 g/mol. The largest absolute Gasteiger partial charge is 0.354 e. The zero-order valence-corrected chi connectivity index (χ0v) is 14.5. The molecule has 0 fully saturated rings. The van der Waals surface area contributed by atoms with Gasteiger partial charge >= 0.3 is 0 Å². The van der Waals surface area contributed by atoms with E-state index in [1.54, 1.807) is 0 Å². The fourth-order valence-electron chi connectivity index (χ4n) is 2.95. The molecule has 1 amide bonds. The minimum Gasteiger partial charge on any atom is -0.354 e. The SMILES string of the molecule is CCCCNC(=O)[C@@H]1N=C(c2ccccc2)[C@H]1c1ccc(Cl)cc1. The predicted molar refractivity (Wildman–Crippen MR) is 98.9 cm³/mol. The molecule has 3 rings (SSSR count). The zero-order chi connectivity index (χ0) is 16.9. The minimum atomic E-state index is -0.363. The van der Waals surface area contributed by atoms with Crippen molar-refractivity contribution in [1.29, 1.82) is 0 Å². The van der Waals surface area contributed by atoms with Gasteiger partial charge in [0.2, 0.25) is 5.91 Å². The van der Waals surface area contributed by atoms with Crippen molar-refractivity contribution in [2.75, 3.05) is 6.54 Å². The molecule has 0 aromatic heterocycles. The second-order valence-corrected chi connectivity index (χ2v) is 6.44. The second kappa shape index (κ2) is 7.63. The van der Waals surface area contributed by atoms with Crippen LogP contribution in [0.2, 0.25) is 5.02 Å². The van der Waals surface area contributed by atoms with Crippen molar-refractivity contribution in [3.05, 3.63) is 70.7 Å². The maximum Gasteiger partial charge on any atom is 0.245 e. The second-order valence-electron chi connectivity index (χ2n) is 6.00. The first-order valence-electron chi connectivity index (χ1n) is 8.37. The summed E-state index contributed by atoms with van der Waals surface area (Å²) in [5.41, 5.74) is 3.10. The quantitative estimate of drug-likeness (QED) is 0.786. The average Bonchev–Trinajstić information content (AvgIpc) is 2.57. The Hall–Kier alpha value is -2.13. The highest BCUT2D eigenvalue weighted by Gasteiger charge is 2.41. The van der Waals surface area contributed by atoms with Gasteiger partial charge < -0.3 is 5.32 Å². The molecule has 1 aliphatic rings. The number of carbonyl (C=O) groups is 1. The summed E-state index contributed by atoms with van der Waals surface area (Å²) in [6.45, 7) is 2.81. The normalized spacial score (nSPS) is 19.3. The molecular weight excluding hydrogens is 320 g/mol. The molecule has 0 radical (unpaired) electrons. The van der Waals surface area contributed by atoms with E-state index in [0.29, 0.717) is 11.6 Å².